The minimum Gasteiger partial charge on any atom is -0.289 e. The molecule has 0 N–H and O–H groups in total. The van der Waals surface area contributed by atoms with E-state index in [9.17, 15) is 9.18 Å². The molecule has 0 bridgehead atoms. The third-order valence-corrected chi connectivity index (χ3v) is 3.85. The predicted molar refractivity (Wildman–Crippen MR) is 74.2 cm³/mol. The molecule has 0 amide bonds. The Labute approximate surface area is 113 Å². The summed E-state index contributed by atoms with van der Waals surface area (Å²) in [4.78, 5) is 16.5. The Kier molecular flexibility index (Phi) is 2.87. The molecular weight excluding hydrogens is 261 g/mol. The SMILES string of the molecule is Cc1ccc(C(=O)c2cnc3ccsc3c2)cc1F. The molecule has 0 atom stereocenters. The van der Waals surface area contributed by atoms with Crippen LogP contribution in [0.15, 0.2) is 41.9 Å². The van der Waals surface area contributed by atoms with Crippen LogP contribution in [0.1, 0.15) is 21.5 Å². The van der Waals surface area contributed by atoms with Crippen molar-refractivity contribution in [3.63, 3.8) is 0 Å². The van der Waals surface area contributed by atoms with Crippen molar-refractivity contribution in [2.75, 3.05) is 0 Å². The topological polar surface area (TPSA) is 30.0 Å². The Balaban J connectivity index is 2.04. The highest BCUT2D eigenvalue weighted by Gasteiger charge is 2.12. The maximum Gasteiger partial charge on any atom is 0.194 e. The van der Waals surface area contributed by atoms with Crippen LogP contribution >= 0.6 is 11.3 Å². The molecule has 1 aromatic carbocycles. The minimum atomic E-state index is -0.365. The van der Waals surface area contributed by atoms with Gasteiger partial charge in [-0.15, -0.1) is 11.3 Å². The first-order chi connectivity index (χ1) is 9.15. The molecule has 0 radical (unpaired) electrons. The highest BCUT2D eigenvalue weighted by molar-refractivity contribution is 7.17. The highest BCUT2D eigenvalue weighted by atomic mass is 32.1. The van der Waals surface area contributed by atoms with Crippen molar-refractivity contribution in [3.05, 3.63) is 64.4 Å². The molecule has 0 spiro atoms. The van der Waals surface area contributed by atoms with Gasteiger partial charge in [-0.2, -0.15) is 0 Å². The molecule has 4 heteroatoms. The third-order valence-electron chi connectivity index (χ3n) is 3.00. The van der Waals surface area contributed by atoms with Gasteiger partial charge in [-0.05, 0) is 36.1 Å². The van der Waals surface area contributed by atoms with Gasteiger partial charge in [0.15, 0.2) is 5.78 Å². The molecule has 94 valence electrons. The van der Waals surface area contributed by atoms with Gasteiger partial charge in [0.2, 0.25) is 0 Å². The maximum atomic E-state index is 13.5. The van der Waals surface area contributed by atoms with Crippen LogP contribution in [0.25, 0.3) is 10.2 Å². The molecule has 0 saturated heterocycles. The lowest BCUT2D eigenvalue weighted by Crippen LogP contribution is -2.02. The van der Waals surface area contributed by atoms with Crippen molar-refractivity contribution in [2.45, 2.75) is 6.92 Å². The molecule has 19 heavy (non-hydrogen) atoms. The second-order valence-corrected chi connectivity index (χ2v) is 5.27. The summed E-state index contributed by atoms with van der Waals surface area (Å²) in [5.74, 6) is -0.572. The number of halogens is 1. The van der Waals surface area contributed by atoms with Crippen LogP contribution in [0.3, 0.4) is 0 Å². The zero-order valence-electron chi connectivity index (χ0n) is 10.2. The first kappa shape index (κ1) is 12.0. The quantitative estimate of drug-likeness (QED) is 0.660. The fraction of sp³-hybridized carbons (Fsp3) is 0.0667. The van der Waals surface area contributed by atoms with Gasteiger partial charge in [-0.3, -0.25) is 9.78 Å². The third kappa shape index (κ3) is 2.15. The fourth-order valence-corrected chi connectivity index (χ4v) is 2.65. The van der Waals surface area contributed by atoms with Gasteiger partial charge >= 0.3 is 0 Å². The van der Waals surface area contributed by atoms with E-state index in [1.165, 1.54) is 23.6 Å². The monoisotopic (exact) mass is 271 g/mol. The number of hydrogen-bond donors (Lipinski definition) is 0. The molecule has 2 aromatic heterocycles. The number of aromatic nitrogens is 1. The van der Waals surface area contributed by atoms with Crippen molar-refractivity contribution in [1.82, 2.24) is 4.98 Å². The van der Waals surface area contributed by atoms with Gasteiger partial charge in [-0.25, -0.2) is 4.39 Å². The number of rotatable bonds is 2. The summed E-state index contributed by atoms with van der Waals surface area (Å²) < 4.78 is 14.4. The Hall–Kier alpha value is -2.07. The van der Waals surface area contributed by atoms with Crippen molar-refractivity contribution in [2.24, 2.45) is 0 Å². The van der Waals surface area contributed by atoms with Gasteiger partial charge in [0.1, 0.15) is 5.82 Å². The summed E-state index contributed by atoms with van der Waals surface area (Å²) in [6.45, 7) is 1.67. The first-order valence-corrected chi connectivity index (χ1v) is 6.67. The normalized spacial score (nSPS) is 10.8. The fourth-order valence-electron chi connectivity index (χ4n) is 1.87. The number of hydrogen-bond acceptors (Lipinski definition) is 3. The van der Waals surface area contributed by atoms with Crippen molar-refractivity contribution in [3.8, 4) is 0 Å². The number of aryl methyl sites for hydroxylation is 1. The molecule has 0 unspecified atom stereocenters. The Morgan fingerprint density at radius 2 is 2.05 bits per heavy atom. The van der Waals surface area contributed by atoms with Crippen LogP contribution in [-0.4, -0.2) is 10.8 Å². The molecule has 0 aliphatic carbocycles. The van der Waals surface area contributed by atoms with Crippen LogP contribution in [0.5, 0.6) is 0 Å². The second-order valence-electron chi connectivity index (χ2n) is 4.32. The second kappa shape index (κ2) is 4.55. The number of ketones is 1. The van der Waals surface area contributed by atoms with Crippen molar-refractivity contribution < 1.29 is 9.18 Å². The van der Waals surface area contributed by atoms with Gasteiger partial charge in [0, 0.05) is 17.3 Å². The van der Waals surface area contributed by atoms with Crippen LogP contribution < -0.4 is 0 Å². The Bertz CT molecular complexity index is 779. The van der Waals surface area contributed by atoms with Gasteiger partial charge in [-0.1, -0.05) is 12.1 Å². The number of nitrogens with zero attached hydrogens (tertiary/aromatic N) is 1. The van der Waals surface area contributed by atoms with Gasteiger partial charge in [0.05, 0.1) is 10.2 Å². The van der Waals surface area contributed by atoms with E-state index in [0.29, 0.717) is 16.7 Å². The van der Waals surface area contributed by atoms with E-state index in [1.54, 1.807) is 25.1 Å². The Morgan fingerprint density at radius 3 is 2.84 bits per heavy atom. The van der Waals surface area contributed by atoms with Gasteiger partial charge < -0.3 is 0 Å². The minimum absolute atomic E-state index is 0.207. The van der Waals surface area contributed by atoms with E-state index in [-0.39, 0.29) is 11.6 Å². The largest absolute Gasteiger partial charge is 0.289 e. The summed E-state index contributed by atoms with van der Waals surface area (Å²) in [6, 6.07) is 8.22. The average molecular weight is 271 g/mol. The van der Waals surface area contributed by atoms with Crippen LogP contribution in [0, 0.1) is 12.7 Å². The lowest BCUT2D eigenvalue weighted by Gasteiger charge is -2.03. The molecule has 0 aliphatic rings. The number of carbonyl (C=O) groups excluding carboxylic acids is 1. The summed E-state index contributed by atoms with van der Waals surface area (Å²) in [5, 5.41) is 1.93. The molecule has 0 saturated carbocycles. The molecular formula is C15H10FNOS. The highest BCUT2D eigenvalue weighted by Crippen LogP contribution is 2.21. The lowest BCUT2D eigenvalue weighted by molar-refractivity contribution is 0.103. The molecule has 3 rings (SSSR count). The van der Waals surface area contributed by atoms with Gasteiger partial charge in [0.25, 0.3) is 0 Å². The van der Waals surface area contributed by atoms with Crippen LogP contribution in [-0.2, 0) is 0 Å². The standard InChI is InChI=1S/C15H10FNOS/c1-9-2-3-10(6-12(9)16)15(18)11-7-14-13(17-8-11)4-5-19-14/h2-8H,1H3. The van der Waals surface area contributed by atoms with E-state index in [1.807, 2.05) is 11.4 Å². The summed E-state index contributed by atoms with van der Waals surface area (Å²) in [6.07, 6.45) is 1.54. The summed E-state index contributed by atoms with van der Waals surface area (Å²) in [7, 11) is 0. The molecule has 2 nitrogen and oxygen atoms in total. The number of fused-ring (bicyclic) bond motifs is 1. The molecule has 3 aromatic rings. The molecule has 2 heterocycles. The van der Waals surface area contributed by atoms with Crippen LogP contribution in [0.2, 0.25) is 0 Å². The van der Waals surface area contributed by atoms with Crippen LogP contribution in [0.4, 0.5) is 4.39 Å². The average Bonchev–Trinajstić information content (AvgIpc) is 2.88. The summed E-state index contributed by atoms with van der Waals surface area (Å²) in [5.41, 5.74) is 2.24. The van der Waals surface area contributed by atoms with E-state index >= 15 is 0 Å². The van der Waals surface area contributed by atoms with E-state index in [4.69, 9.17) is 0 Å². The molecule has 0 fully saturated rings. The smallest absolute Gasteiger partial charge is 0.194 e. The lowest BCUT2D eigenvalue weighted by atomic mass is 10.0. The predicted octanol–water partition coefficient (Wildman–Crippen LogP) is 3.97. The van der Waals surface area contributed by atoms with Crippen molar-refractivity contribution in [1.29, 1.82) is 0 Å². The summed E-state index contributed by atoms with van der Waals surface area (Å²) >= 11 is 1.53. The van der Waals surface area contributed by atoms with E-state index < -0.39 is 0 Å². The number of pyridine rings is 1. The Morgan fingerprint density at radius 1 is 1.21 bits per heavy atom. The number of thiophene rings is 1. The number of benzene rings is 1. The zero-order chi connectivity index (χ0) is 13.4. The van der Waals surface area contributed by atoms with E-state index in [0.717, 1.165) is 10.2 Å². The molecule has 0 aliphatic heterocycles. The van der Waals surface area contributed by atoms with E-state index in [2.05, 4.69) is 4.98 Å². The zero-order valence-corrected chi connectivity index (χ0v) is 11.0. The van der Waals surface area contributed by atoms with Crippen molar-refractivity contribution >= 4 is 27.3 Å². The maximum absolute atomic E-state index is 13.5. The first-order valence-electron chi connectivity index (χ1n) is 5.79. The number of carbonyl (C=O) groups is 1.